The number of rotatable bonds is 7. The number of nitrogens with one attached hydrogen (secondary N) is 2. The molecule has 0 spiro atoms. The van der Waals surface area contributed by atoms with Crippen molar-refractivity contribution in [2.45, 2.75) is 37.1 Å². The summed E-state index contributed by atoms with van der Waals surface area (Å²) < 4.78 is 6.96. The number of amides is 2. The molecular weight excluding hydrogens is 448 g/mol. The minimum atomic E-state index is -1.17. The van der Waals surface area contributed by atoms with Crippen LogP contribution in [0.5, 0.6) is 0 Å². The lowest BCUT2D eigenvalue weighted by Gasteiger charge is -2.41. The number of anilines is 1. The Labute approximate surface area is 202 Å². The number of aromatic nitrogens is 2. The zero-order chi connectivity index (χ0) is 24.6. The Kier molecular flexibility index (Phi) is 5.76. The number of carboxylic acid groups (broad SMARTS) is 1. The number of carbonyl (C=O) groups is 3. The van der Waals surface area contributed by atoms with Crippen LogP contribution >= 0.6 is 0 Å². The van der Waals surface area contributed by atoms with Crippen molar-refractivity contribution in [3.05, 3.63) is 71.4 Å². The van der Waals surface area contributed by atoms with Gasteiger partial charge >= 0.3 is 12.1 Å². The molecule has 0 aliphatic heterocycles. The second-order valence-electron chi connectivity index (χ2n) is 9.15. The van der Waals surface area contributed by atoms with Crippen LogP contribution in [0.3, 0.4) is 0 Å². The van der Waals surface area contributed by atoms with Crippen LogP contribution in [0.15, 0.2) is 54.6 Å². The van der Waals surface area contributed by atoms with Crippen LogP contribution < -0.4 is 10.6 Å². The van der Waals surface area contributed by atoms with Gasteiger partial charge in [0.15, 0.2) is 5.69 Å². The van der Waals surface area contributed by atoms with Crippen molar-refractivity contribution in [1.82, 2.24) is 15.1 Å². The number of hydrogen-bond donors (Lipinski definition) is 3. The van der Waals surface area contributed by atoms with Crippen molar-refractivity contribution in [2.24, 2.45) is 7.05 Å². The molecule has 0 saturated heterocycles. The molecule has 0 unspecified atom stereocenters. The summed E-state index contributed by atoms with van der Waals surface area (Å²) in [6.07, 6.45) is 1.73. The second-order valence-corrected chi connectivity index (χ2v) is 9.15. The minimum Gasteiger partial charge on any atom is -0.476 e. The number of aromatic carboxylic acids is 1. The standard InChI is InChI=1S/C26H26N4O5/c1-30-22(13-21(29-30)24(32)33)27-23(31)14-26(11-6-12-26)28-25(34)35-15-20-18-9-4-2-7-16(18)17-8-3-5-10-19(17)20/h2-5,7-10,13,20H,6,11-12,14-15H2,1H3,(H,27,31)(H,28,34)(H,32,33). The van der Waals surface area contributed by atoms with Gasteiger partial charge in [0.25, 0.3) is 0 Å². The number of carbonyl (C=O) groups excluding carboxylic acids is 2. The van der Waals surface area contributed by atoms with Gasteiger partial charge in [0.1, 0.15) is 12.4 Å². The van der Waals surface area contributed by atoms with E-state index in [9.17, 15) is 14.4 Å². The van der Waals surface area contributed by atoms with Crippen LogP contribution in [-0.2, 0) is 16.6 Å². The summed E-state index contributed by atoms with van der Waals surface area (Å²) in [7, 11) is 1.55. The molecule has 1 heterocycles. The molecule has 5 rings (SSSR count). The lowest BCUT2D eigenvalue weighted by atomic mass is 9.74. The number of nitrogens with zero attached hydrogens (tertiary/aromatic N) is 2. The van der Waals surface area contributed by atoms with E-state index >= 15 is 0 Å². The summed E-state index contributed by atoms with van der Waals surface area (Å²) >= 11 is 0. The fraction of sp³-hybridized carbons (Fsp3) is 0.308. The molecule has 2 aromatic carbocycles. The number of carboxylic acids is 1. The van der Waals surface area contributed by atoms with Crippen LogP contribution in [0, 0.1) is 0 Å². The number of alkyl carbamates (subject to hydrolysis) is 1. The Morgan fingerprint density at radius 1 is 1.09 bits per heavy atom. The van der Waals surface area contributed by atoms with E-state index in [2.05, 4.69) is 40.0 Å². The maximum Gasteiger partial charge on any atom is 0.407 e. The second kappa shape index (κ2) is 8.90. The Hall–Kier alpha value is -4.14. The molecule has 0 radical (unpaired) electrons. The molecular formula is C26H26N4O5. The van der Waals surface area contributed by atoms with E-state index in [0.717, 1.165) is 28.7 Å². The third-order valence-corrected chi connectivity index (χ3v) is 6.89. The van der Waals surface area contributed by atoms with Gasteiger partial charge in [-0.05, 0) is 41.5 Å². The predicted octanol–water partition coefficient (Wildman–Crippen LogP) is 3.91. The molecule has 2 amide bonds. The number of fused-ring (bicyclic) bond motifs is 3. The van der Waals surface area contributed by atoms with Crippen LogP contribution in [0.1, 0.15) is 53.2 Å². The average molecular weight is 475 g/mol. The highest BCUT2D eigenvalue weighted by Gasteiger charge is 2.41. The van der Waals surface area contributed by atoms with Crippen molar-refractivity contribution >= 4 is 23.8 Å². The molecule has 3 aromatic rings. The van der Waals surface area contributed by atoms with Crippen molar-refractivity contribution in [2.75, 3.05) is 11.9 Å². The minimum absolute atomic E-state index is 0.0398. The normalized spacial score (nSPS) is 15.5. The highest BCUT2D eigenvalue weighted by molar-refractivity contribution is 5.93. The van der Waals surface area contributed by atoms with Gasteiger partial charge in [-0.25, -0.2) is 9.59 Å². The van der Waals surface area contributed by atoms with E-state index in [0.29, 0.717) is 12.8 Å². The highest BCUT2D eigenvalue weighted by atomic mass is 16.5. The Balaban J connectivity index is 1.21. The van der Waals surface area contributed by atoms with E-state index in [-0.39, 0.29) is 36.4 Å². The summed E-state index contributed by atoms with van der Waals surface area (Å²) in [6, 6.07) is 17.6. The Bertz CT molecular complexity index is 1270. The monoisotopic (exact) mass is 474 g/mol. The molecule has 9 heteroatoms. The number of ether oxygens (including phenoxy) is 1. The van der Waals surface area contributed by atoms with E-state index in [4.69, 9.17) is 9.84 Å². The fourth-order valence-electron chi connectivity index (χ4n) is 4.98. The quantitative estimate of drug-likeness (QED) is 0.477. The zero-order valence-corrected chi connectivity index (χ0v) is 19.3. The lowest BCUT2D eigenvalue weighted by molar-refractivity contribution is -0.118. The number of hydrogen-bond acceptors (Lipinski definition) is 5. The SMILES string of the molecule is Cn1nc(C(=O)O)cc1NC(=O)CC1(NC(=O)OCC2c3ccccc3-c3ccccc32)CCC1. The summed E-state index contributed by atoms with van der Waals surface area (Å²) in [4.78, 5) is 36.5. The molecule has 0 atom stereocenters. The maximum absolute atomic E-state index is 12.8. The van der Waals surface area contributed by atoms with Gasteiger partial charge in [-0.3, -0.25) is 9.48 Å². The molecule has 1 aromatic heterocycles. The molecule has 9 nitrogen and oxygen atoms in total. The van der Waals surface area contributed by atoms with E-state index < -0.39 is 17.6 Å². The van der Waals surface area contributed by atoms with E-state index in [1.807, 2.05) is 24.3 Å². The average Bonchev–Trinajstić information content (AvgIpc) is 3.34. The largest absolute Gasteiger partial charge is 0.476 e. The van der Waals surface area contributed by atoms with E-state index in [1.54, 1.807) is 7.05 Å². The maximum atomic E-state index is 12.8. The van der Waals surface area contributed by atoms with Crippen LogP contribution in [-0.4, -0.2) is 45.0 Å². The summed E-state index contributed by atoms with van der Waals surface area (Å²) in [5.74, 6) is -1.26. The molecule has 2 aliphatic carbocycles. The van der Waals surface area contributed by atoms with Gasteiger partial charge in [0.2, 0.25) is 5.91 Å². The van der Waals surface area contributed by atoms with Gasteiger partial charge in [-0.15, -0.1) is 0 Å². The van der Waals surface area contributed by atoms with Crippen molar-refractivity contribution < 1.29 is 24.2 Å². The molecule has 3 N–H and O–H groups in total. The van der Waals surface area contributed by atoms with Crippen molar-refractivity contribution in [1.29, 1.82) is 0 Å². The van der Waals surface area contributed by atoms with Gasteiger partial charge < -0.3 is 20.5 Å². The number of benzene rings is 2. The van der Waals surface area contributed by atoms with Crippen molar-refractivity contribution in [3.8, 4) is 11.1 Å². The molecule has 0 bridgehead atoms. The summed E-state index contributed by atoms with van der Waals surface area (Å²) in [5.41, 5.74) is 3.75. The molecule has 1 saturated carbocycles. The molecule has 180 valence electrons. The molecule has 35 heavy (non-hydrogen) atoms. The highest BCUT2D eigenvalue weighted by Crippen LogP contribution is 2.44. The first-order valence-electron chi connectivity index (χ1n) is 11.6. The lowest BCUT2D eigenvalue weighted by Crippen LogP contribution is -2.55. The zero-order valence-electron chi connectivity index (χ0n) is 19.3. The first-order valence-corrected chi connectivity index (χ1v) is 11.6. The smallest absolute Gasteiger partial charge is 0.407 e. The van der Waals surface area contributed by atoms with Crippen LogP contribution in [0.25, 0.3) is 11.1 Å². The predicted molar refractivity (Wildman–Crippen MR) is 128 cm³/mol. The third kappa shape index (κ3) is 4.37. The molecule has 2 aliphatic rings. The van der Waals surface area contributed by atoms with Gasteiger partial charge in [0.05, 0.1) is 12.0 Å². The first-order chi connectivity index (χ1) is 16.8. The summed E-state index contributed by atoms with van der Waals surface area (Å²) in [6.45, 7) is 0.203. The van der Waals surface area contributed by atoms with Gasteiger partial charge in [-0.2, -0.15) is 5.10 Å². The Morgan fingerprint density at radius 2 is 1.71 bits per heavy atom. The van der Waals surface area contributed by atoms with Gasteiger partial charge in [0, 0.05) is 19.0 Å². The molecule has 1 fully saturated rings. The first kappa shape index (κ1) is 22.6. The number of aryl methyl sites for hydroxylation is 1. The van der Waals surface area contributed by atoms with Crippen LogP contribution in [0.4, 0.5) is 10.6 Å². The Morgan fingerprint density at radius 3 is 2.26 bits per heavy atom. The van der Waals surface area contributed by atoms with E-state index in [1.165, 1.54) is 10.7 Å². The van der Waals surface area contributed by atoms with Crippen molar-refractivity contribution in [3.63, 3.8) is 0 Å². The fourth-order valence-corrected chi connectivity index (χ4v) is 4.98. The summed E-state index contributed by atoms with van der Waals surface area (Å²) in [5, 5.41) is 18.5. The topological polar surface area (TPSA) is 123 Å². The van der Waals surface area contributed by atoms with Gasteiger partial charge in [-0.1, -0.05) is 48.5 Å². The third-order valence-electron chi connectivity index (χ3n) is 6.89. The van der Waals surface area contributed by atoms with Crippen LogP contribution in [0.2, 0.25) is 0 Å².